The summed E-state index contributed by atoms with van der Waals surface area (Å²) in [5.41, 5.74) is 2.13. The molecule has 0 atom stereocenters. The molecule has 0 aliphatic heterocycles. The Hall–Kier alpha value is -9.39. The van der Waals surface area contributed by atoms with Crippen molar-refractivity contribution in [3.05, 3.63) is 338 Å². The number of esters is 2. The molecule has 0 fully saturated rings. The van der Waals surface area contributed by atoms with Crippen LogP contribution in [0, 0.1) is 55.9 Å². The molecule has 0 aromatic heterocycles. The summed E-state index contributed by atoms with van der Waals surface area (Å²) in [6.45, 7) is 2.88. The number of non-ortho nitro benzene ring substituents is 2. The number of carboxylic acids is 5. The Kier molecular flexibility index (Phi) is 30.8. The van der Waals surface area contributed by atoms with Gasteiger partial charge in [0.15, 0.2) is 0 Å². The number of hydrogen-bond donors (Lipinski definition) is 5. The van der Waals surface area contributed by atoms with E-state index in [4.69, 9.17) is 30.3 Å². The van der Waals surface area contributed by atoms with Gasteiger partial charge in [-0.3, -0.25) is 0 Å². The van der Waals surface area contributed by atoms with Gasteiger partial charge in [-0.25, -0.2) is 0 Å². The number of hydrogen-bond acceptors (Lipinski definition) is 14. The number of halogens is 5. The maximum absolute atomic E-state index is 11.3. The summed E-state index contributed by atoms with van der Waals surface area (Å²) >= 11 is -3.15. The number of nitro benzene ring substituents is 2. The first-order valence-corrected chi connectivity index (χ1v) is 38.6. The molecular weight excluding hydrogens is 1820 g/mol. The normalized spacial score (nSPS) is 10.3. The number of nitro groups is 2. The molecule has 21 nitrogen and oxygen atoms in total. The van der Waals surface area contributed by atoms with Gasteiger partial charge in [0.1, 0.15) is 0 Å². The van der Waals surface area contributed by atoms with Crippen LogP contribution in [0.5, 0.6) is 5.75 Å². The van der Waals surface area contributed by atoms with Crippen LogP contribution in [-0.2, 0) is 9.53 Å². The summed E-state index contributed by atoms with van der Waals surface area (Å²) in [7, 11) is 1.34. The molecule has 5 N–H and O–H groups in total. The molecule has 0 heterocycles. The van der Waals surface area contributed by atoms with Crippen LogP contribution < -0.4 is 111 Å². The molecule has 10 rings (SSSR count). The Morgan fingerprint density at radius 2 is 0.649 bits per heavy atom. The van der Waals surface area contributed by atoms with E-state index in [9.17, 15) is 58.6 Å². The molecule has 0 aliphatic rings. The van der Waals surface area contributed by atoms with E-state index in [0.29, 0.717) is 40.7 Å². The van der Waals surface area contributed by atoms with E-state index in [1.165, 1.54) is 45.2 Å². The number of ether oxygens (including phenoxy) is 2. The predicted octanol–water partition coefficient (Wildman–Crippen LogP) is -2.70. The van der Waals surface area contributed by atoms with Gasteiger partial charge in [0.2, 0.25) is 0 Å². The van der Waals surface area contributed by atoms with E-state index in [2.05, 4.69) is 4.74 Å². The van der Waals surface area contributed by atoms with E-state index in [0.717, 1.165) is 34.6 Å². The number of rotatable bonds is 20. The Labute approximate surface area is 606 Å². The summed E-state index contributed by atoms with van der Waals surface area (Å²) in [6.07, 6.45) is 0. The third-order valence-corrected chi connectivity index (χ3v) is 26.5. The minimum atomic E-state index is -1.13. The van der Waals surface area contributed by atoms with Crippen LogP contribution in [0.15, 0.2) is 243 Å². The summed E-state index contributed by atoms with van der Waals surface area (Å²) in [5, 5.41) is 67.1. The number of carboxylic acid groups (broad SMARTS) is 5. The average Bonchev–Trinajstić information content (AvgIpc) is 0.962. The summed E-state index contributed by atoms with van der Waals surface area (Å²) in [4.78, 5) is 109. The Morgan fingerprint density at radius 3 is 1.01 bits per heavy atom. The molecule has 97 heavy (non-hydrogen) atoms. The zero-order valence-electron chi connectivity index (χ0n) is 50.8. The first-order chi connectivity index (χ1) is 46.4. The van der Waals surface area contributed by atoms with Crippen molar-refractivity contribution in [1.82, 2.24) is 0 Å². The van der Waals surface area contributed by atoms with Crippen LogP contribution in [0.4, 0.5) is 11.4 Å². The SMILES string of the molecule is CC(=O)Oc1ccc([I-]c2ccccc2C(=O)O)cc1.CC(=O)c1ccc([I-]c2ccccc2C(=O)O)cc1.COC(=O)c1ccc([I-]c2ccccc2C(=O)O)cc1.O=C(O)c1cc([N+](=O)[O-])ccc1[I-]c1ccccc1.O=C(O)c1ccc([N+](=O)[O-])cc1[I-]c1ccccc1. The van der Waals surface area contributed by atoms with Gasteiger partial charge in [-0.05, 0) is 0 Å². The number of Topliss-reactive ketones (excluding diaryl/α,β-unsaturated/α-hetero) is 1. The van der Waals surface area contributed by atoms with Gasteiger partial charge in [0, 0.05) is 0 Å². The third kappa shape index (κ3) is 25.0. The van der Waals surface area contributed by atoms with Gasteiger partial charge in [-0.15, -0.1) is 0 Å². The van der Waals surface area contributed by atoms with E-state index >= 15 is 0 Å². The Morgan fingerprint density at radius 1 is 0.340 bits per heavy atom. The number of benzene rings is 10. The zero-order valence-corrected chi connectivity index (χ0v) is 61.6. The minimum absolute atomic E-state index is 0.0193. The van der Waals surface area contributed by atoms with Crippen LogP contribution in [0.3, 0.4) is 0 Å². The number of nitrogens with zero attached hydrogens (tertiary/aromatic N) is 2. The molecule has 0 saturated carbocycles. The quantitative estimate of drug-likeness (QED) is 0.0129. The van der Waals surface area contributed by atoms with Crippen molar-refractivity contribution in [3.8, 4) is 5.75 Å². The summed E-state index contributed by atoms with van der Waals surface area (Å²) < 4.78 is 18.7. The van der Waals surface area contributed by atoms with Crippen molar-refractivity contribution in [3.63, 3.8) is 0 Å². The van der Waals surface area contributed by atoms with Gasteiger partial charge in [0.25, 0.3) is 0 Å². The predicted molar refractivity (Wildman–Crippen MR) is 332 cm³/mol. The fraction of sp³-hybridized carbons (Fsp3) is 0.0423. The Bertz CT molecular complexity index is 4470. The second kappa shape index (κ2) is 39.0. The van der Waals surface area contributed by atoms with Gasteiger partial charge < -0.3 is 0 Å². The van der Waals surface area contributed by atoms with Crippen molar-refractivity contribution < 1.29 is 189 Å². The van der Waals surface area contributed by atoms with E-state index < -0.39 is 146 Å². The number of carbonyl (C=O) groups excluding carboxylic acids is 3. The zero-order chi connectivity index (χ0) is 70.6. The van der Waals surface area contributed by atoms with Crippen LogP contribution in [0.2, 0.25) is 0 Å². The second-order valence-corrected chi connectivity index (χ2v) is 33.7. The first kappa shape index (κ1) is 76.6. The molecule has 0 saturated heterocycles. The maximum atomic E-state index is 11.3. The van der Waals surface area contributed by atoms with Gasteiger partial charge in [-0.1, -0.05) is 0 Å². The summed E-state index contributed by atoms with van der Waals surface area (Å²) in [6, 6.07) is 69.6. The first-order valence-electron chi connectivity index (χ1n) is 27.8. The van der Waals surface area contributed by atoms with Crippen LogP contribution in [-0.4, -0.2) is 90.1 Å². The molecule has 0 spiro atoms. The standard InChI is InChI=1S/2C15H12IO4.C15H12IO3.2C13H9INO4/c1-20-15(19)10-6-8-11(9-7-10)16-13-5-3-2-4-12(13)14(17)18;1-10(17)20-12-8-6-11(7-9-12)16-14-5-3-2-4-13(14)15(18)19;1-10(17)11-6-8-12(9-7-11)16-14-5-3-2-4-13(14)15(18)19;16-13(17)11-8-10(15(18)19)6-7-12(11)14-9-4-2-1-3-5-9;16-13(17)11-7-6-10(15(18)19)8-12(11)14-9-4-2-1-3-5-9/h2-9H,1H3,(H,17,18);2-9H,1H3,(H,18,19);2-9H,1H3,(H,18,19);2*1-8H,(H,16,17)/q5*-1. The monoisotopic (exact) mass is 1870 g/mol. The average molecular weight is 1870 g/mol. The van der Waals surface area contributed by atoms with Crippen LogP contribution in [0.1, 0.15) is 86.4 Å². The van der Waals surface area contributed by atoms with E-state index in [1.54, 1.807) is 78.9 Å². The van der Waals surface area contributed by atoms with Crippen LogP contribution in [0.25, 0.3) is 0 Å². The molecule has 10 aromatic rings. The number of methoxy groups -OCH3 is 1. The molecule has 0 unspecified atom stereocenters. The molecule has 0 bridgehead atoms. The third-order valence-electron chi connectivity index (χ3n) is 12.2. The molecule has 502 valence electrons. The fourth-order valence-corrected chi connectivity index (χ4v) is 20.2. The fourth-order valence-electron chi connectivity index (χ4n) is 7.68. The summed E-state index contributed by atoms with van der Waals surface area (Å²) in [5.74, 6) is -5.09. The van der Waals surface area contributed by atoms with Gasteiger partial charge in [-0.2, -0.15) is 0 Å². The van der Waals surface area contributed by atoms with Crippen molar-refractivity contribution in [2.75, 3.05) is 7.11 Å². The Balaban J connectivity index is 0.000000192. The van der Waals surface area contributed by atoms with E-state index in [-0.39, 0.29) is 40.2 Å². The second-order valence-electron chi connectivity index (χ2n) is 19.0. The van der Waals surface area contributed by atoms with Crippen molar-refractivity contribution in [2.45, 2.75) is 13.8 Å². The van der Waals surface area contributed by atoms with Gasteiger partial charge >= 0.3 is 612 Å². The van der Waals surface area contributed by atoms with Crippen LogP contribution >= 0.6 is 0 Å². The van der Waals surface area contributed by atoms with Crippen molar-refractivity contribution in [2.24, 2.45) is 0 Å². The molecule has 10 aromatic carbocycles. The number of ketones is 1. The number of aromatic carboxylic acids is 5. The number of carbonyl (C=O) groups is 8. The molecule has 0 amide bonds. The molecule has 26 heteroatoms. The van der Waals surface area contributed by atoms with Gasteiger partial charge in [0.05, 0.1) is 0 Å². The van der Waals surface area contributed by atoms with Crippen molar-refractivity contribution >= 4 is 58.9 Å². The van der Waals surface area contributed by atoms with Crippen molar-refractivity contribution in [1.29, 1.82) is 0 Å². The molecule has 0 aliphatic carbocycles. The molecule has 0 radical (unpaired) electrons. The topological polar surface area (TPSA) is 342 Å². The van der Waals surface area contributed by atoms with E-state index in [1.807, 2.05) is 133 Å². The molecular formula is C71H54I5N2O19-5.